The molecule has 2 atom stereocenters. The standard InChI is InChI=1S/C29H33BrFN3O4S/c1-4-21(2)32-29(36)27(17-22-10-6-5-7-11-22)33(19-23-12-8-13-24(30)16-23)28(35)20-34(39(3,37)38)26-15-9-14-25(31)18-26/h5-16,18,21,27H,4,17,19-20H2,1-3H3,(H,32,36)/t21-,27+/m1/s1. The van der Waals surface area contributed by atoms with Crippen LogP contribution in [-0.4, -0.2) is 50.0 Å². The molecule has 0 spiro atoms. The fourth-order valence-corrected chi connectivity index (χ4v) is 5.36. The van der Waals surface area contributed by atoms with E-state index < -0.39 is 34.3 Å². The van der Waals surface area contributed by atoms with Gasteiger partial charge in [-0.15, -0.1) is 0 Å². The van der Waals surface area contributed by atoms with Gasteiger partial charge in [-0.3, -0.25) is 13.9 Å². The van der Waals surface area contributed by atoms with Gasteiger partial charge in [-0.2, -0.15) is 0 Å². The highest BCUT2D eigenvalue weighted by molar-refractivity contribution is 9.10. The second-order valence-electron chi connectivity index (χ2n) is 9.42. The number of nitrogens with one attached hydrogen (secondary N) is 1. The molecular formula is C29H33BrFN3O4S. The van der Waals surface area contributed by atoms with Crippen molar-refractivity contribution in [2.75, 3.05) is 17.1 Å². The van der Waals surface area contributed by atoms with E-state index in [2.05, 4.69) is 21.2 Å². The average molecular weight is 619 g/mol. The number of benzene rings is 3. The first-order valence-electron chi connectivity index (χ1n) is 12.6. The molecule has 0 fully saturated rings. The maximum absolute atomic E-state index is 14.0. The van der Waals surface area contributed by atoms with Crippen LogP contribution in [0.3, 0.4) is 0 Å². The minimum absolute atomic E-state index is 0.0249. The molecule has 0 aliphatic heterocycles. The molecular weight excluding hydrogens is 585 g/mol. The third kappa shape index (κ3) is 8.90. The third-order valence-electron chi connectivity index (χ3n) is 6.29. The molecule has 0 radical (unpaired) electrons. The number of hydrogen-bond donors (Lipinski definition) is 1. The van der Waals surface area contributed by atoms with Gasteiger partial charge in [0.25, 0.3) is 0 Å². The number of hydrogen-bond acceptors (Lipinski definition) is 4. The maximum Gasteiger partial charge on any atom is 0.244 e. The Labute approximate surface area is 238 Å². The predicted octanol–water partition coefficient (Wildman–Crippen LogP) is 4.91. The Hall–Kier alpha value is -3.24. The lowest BCUT2D eigenvalue weighted by atomic mass is 10.0. The van der Waals surface area contributed by atoms with E-state index in [1.54, 1.807) is 0 Å². The summed E-state index contributed by atoms with van der Waals surface area (Å²) in [4.78, 5) is 29.0. The van der Waals surface area contributed by atoms with Crippen molar-refractivity contribution >= 4 is 43.5 Å². The second-order valence-corrected chi connectivity index (χ2v) is 12.2. The molecule has 39 heavy (non-hydrogen) atoms. The Morgan fingerprint density at radius 1 is 0.974 bits per heavy atom. The lowest BCUT2D eigenvalue weighted by Crippen LogP contribution is -2.54. The highest BCUT2D eigenvalue weighted by Crippen LogP contribution is 2.22. The zero-order chi connectivity index (χ0) is 28.6. The monoisotopic (exact) mass is 617 g/mol. The summed E-state index contributed by atoms with van der Waals surface area (Å²) in [6.07, 6.45) is 1.88. The largest absolute Gasteiger partial charge is 0.352 e. The molecule has 0 aliphatic rings. The molecule has 0 aliphatic carbocycles. The minimum Gasteiger partial charge on any atom is -0.352 e. The van der Waals surface area contributed by atoms with Crippen molar-refractivity contribution in [1.29, 1.82) is 0 Å². The van der Waals surface area contributed by atoms with E-state index in [1.165, 1.54) is 23.1 Å². The first kappa shape index (κ1) is 30.3. The summed E-state index contributed by atoms with van der Waals surface area (Å²) in [5.74, 6) is -1.56. The molecule has 0 saturated heterocycles. The van der Waals surface area contributed by atoms with E-state index in [-0.39, 0.29) is 30.6 Å². The molecule has 3 aromatic carbocycles. The number of rotatable bonds is 12. The van der Waals surface area contributed by atoms with Gasteiger partial charge >= 0.3 is 0 Å². The normalized spacial score (nSPS) is 12.8. The number of sulfonamides is 1. The van der Waals surface area contributed by atoms with Crippen LogP contribution in [0.1, 0.15) is 31.4 Å². The quantitative estimate of drug-likeness (QED) is 0.313. The van der Waals surface area contributed by atoms with Crippen molar-refractivity contribution in [3.05, 3.63) is 100 Å². The van der Waals surface area contributed by atoms with Gasteiger partial charge in [-0.05, 0) is 54.8 Å². The first-order chi connectivity index (χ1) is 18.5. The van der Waals surface area contributed by atoms with Crippen LogP contribution >= 0.6 is 15.9 Å². The predicted molar refractivity (Wildman–Crippen MR) is 155 cm³/mol. The SMILES string of the molecule is CC[C@@H](C)NC(=O)[C@H](Cc1ccccc1)N(Cc1cccc(Br)c1)C(=O)CN(c1cccc(F)c1)S(C)(=O)=O. The molecule has 208 valence electrons. The van der Waals surface area contributed by atoms with Gasteiger partial charge in [-0.25, -0.2) is 12.8 Å². The average Bonchev–Trinajstić information content (AvgIpc) is 2.89. The summed E-state index contributed by atoms with van der Waals surface area (Å²) < 4.78 is 41.1. The number of carbonyl (C=O) groups excluding carboxylic acids is 2. The molecule has 0 heterocycles. The minimum atomic E-state index is -3.96. The van der Waals surface area contributed by atoms with Crippen molar-refractivity contribution < 1.29 is 22.4 Å². The highest BCUT2D eigenvalue weighted by atomic mass is 79.9. The van der Waals surface area contributed by atoms with Crippen LogP contribution in [-0.2, 0) is 32.6 Å². The number of halogens is 2. The van der Waals surface area contributed by atoms with Crippen LogP contribution in [0, 0.1) is 5.82 Å². The van der Waals surface area contributed by atoms with Crippen molar-refractivity contribution in [2.45, 2.75) is 45.3 Å². The van der Waals surface area contributed by atoms with E-state index in [4.69, 9.17) is 0 Å². The van der Waals surface area contributed by atoms with Gasteiger partial charge in [0.2, 0.25) is 21.8 Å². The lowest BCUT2D eigenvalue weighted by molar-refractivity contribution is -0.140. The first-order valence-corrected chi connectivity index (χ1v) is 15.2. The van der Waals surface area contributed by atoms with Gasteiger partial charge in [-0.1, -0.05) is 71.4 Å². The van der Waals surface area contributed by atoms with Gasteiger partial charge in [0, 0.05) is 23.5 Å². The molecule has 0 aromatic heterocycles. The Balaban J connectivity index is 2.06. The van der Waals surface area contributed by atoms with Gasteiger partial charge in [0.05, 0.1) is 11.9 Å². The van der Waals surface area contributed by atoms with Gasteiger partial charge in [0.1, 0.15) is 18.4 Å². The lowest BCUT2D eigenvalue weighted by Gasteiger charge is -2.34. The molecule has 3 aromatic rings. The number of carbonyl (C=O) groups is 2. The van der Waals surface area contributed by atoms with Gasteiger partial charge < -0.3 is 10.2 Å². The number of nitrogens with zero attached hydrogens (tertiary/aromatic N) is 2. The van der Waals surface area contributed by atoms with Crippen LogP contribution in [0.4, 0.5) is 10.1 Å². The maximum atomic E-state index is 14.0. The zero-order valence-electron chi connectivity index (χ0n) is 22.2. The summed E-state index contributed by atoms with van der Waals surface area (Å²) in [5, 5.41) is 2.98. The number of amides is 2. The van der Waals surface area contributed by atoms with E-state index >= 15 is 0 Å². The zero-order valence-corrected chi connectivity index (χ0v) is 24.6. The van der Waals surface area contributed by atoms with Crippen molar-refractivity contribution in [3.63, 3.8) is 0 Å². The highest BCUT2D eigenvalue weighted by Gasteiger charge is 2.33. The summed E-state index contributed by atoms with van der Waals surface area (Å²) in [6, 6.07) is 20.7. The van der Waals surface area contributed by atoms with Crippen LogP contribution < -0.4 is 9.62 Å². The van der Waals surface area contributed by atoms with Crippen LogP contribution in [0.15, 0.2) is 83.3 Å². The van der Waals surface area contributed by atoms with E-state index in [0.717, 1.165) is 32.2 Å². The Morgan fingerprint density at radius 2 is 1.64 bits per heavy atom. The molecule has 2 amide bonds. The third-order valence-corrected chi connectivity index (χ3v) is 7.92. The van der Waals surface area contributed by atoms with Crippen molar-refractivity contribution in [1.82, 2.24) is 10.2 Å². The number of anilines is 1. The molecule has 0 saturated carbocycles. The fraction of sp³-hybridized carbons (Fsp3) is 0.310. The van der Waals surface area contributed by atoms with Crippen LogP contribution in [0.25, 0.3) is 0 Å². The van der Waals surface area contributed by atoms with Crippen molar-refractivity contribution in [3.8, 4) is 0 Å². The Kier molecular flexibility index (Phi) is 10.7. The molecule has 10 heteroatoms. The molecule has 0 unspecified atom stereocenters. The van der Waals surface area contributed by atoms with E-state index in [1.807, 2.05) is 68.4 Å². The molecule has 3 rings (SSSR count). The van der Waals surface area contributed by atoms with E-state index in [0.29, 0.717) is 6.42 Å². The second kappa shape index (κ2) is 13.7. The smallest absolute Gasteiger partial charge is 0.244 e. The van der Waals surface area contributed by atoms with Crippen molar-refractivity contribution in [2.24, 2.45) is 0 Å². The Morgan fingerprint density at radius 3 is 2.26 bits per heavy atom. The Bertz CT molecular complexity index is 1390. The fourth-order valence-electron chi connectivity index (χ4n) is 4.07. The molecule has 1 N–H and O–H groups in total. The summed E-state index contributed by atoms with van der Waals surface area (Å²) in [7, 11) is -3.96. The molecule has 0 bridgehead atoms. The summed E-state index contributed by atoms with van der Waals surface area (Å²) in [6.45, 7) is 3.29. The van der Waals surface area contributed by atoms with Gasteiger partial charge in [0.15, 0.2) is 0 Å². The summed E-state index contributed by atoms with van der Waals surface area (Å²) >= 11 is 3.45. The van der Waals surface area contributed by atoms with E-state index in [9.17, 15) is 22.4 Å². The summed E-state index contributed by atoms with van der Waals surface area (Å²) in [5.41, 5.74) is 1.62. The van der Waals surface area contributed by atoms with Crippen LogP contribution in [0.2, 0.25) is 0 Å². The molecule has 7 nitrogen and oxygen atoms in total. The topological polar surface area (TPSA) is 86.8 Å². The van der Waals surface area contributed by atoms with Crippen LogP contribution in [0.5, 0.6) is 0 Å².